The van der Waals surface area contributed by atoms with Crippen LogP contribution >= 0.6 is 0 Å². The fourth-order valence-corrected chi connectivity index (χ4v) is 1.91. The van der Waals surface area contributed by atoms with Gasteiger partial charge in [-0.25, -0.2) is 9.37 Å². The molecule has 0 spiro atoms. The fourth-order valence-electron chi connectivity index (χ4n) is 1.91. The molecule has 6 heteroatoms. The largest absolute Gasteiger partial charge is 0.369 e. The van der Waals surface area contributed by atoms with Gasteiger partial charge in [-0.2, -0.15) is 5.26 Å². The average molecular weight is 292 g/mol. The van der Waals surface area contributed by atoms with E-state index in [0.29, 0.717) is 18.9 Å². The van der Waals surface area contributed by atoms with Crippen LogP contribution in [-0.2, 0) is 0 Å². The van der Waals surface area contributed by atoms with E-state index in [0.717, 1.165) is 12.6 Å². The third-order valence-corrected chi connectivity index (χ3v) is 2.98. The zero-order valence-electron chi connectivity index (χ0n) is 12.7. The maximum absolute atomic E-state index is 13.4. The highest BCUT2D eigenvalue weighted by Gasteiger charge is 2.22. The molecule has 21 heavy (non-hydrogen) atoms. The number of nitriles is 1. The lowest BCUT2D eigenvalue weighted by atomic mass is 10.1. The Kier molecular flexibility index (Phi) is 6.60. The van der Waals surface area contributed by atoms with Gasteiger partial charge in [0.15, 0.2) is 0 Å². The maximum atomic E-state index is 13.4. The van der Waals surface area contributed by atoms with Crippen LogP contribution in [0.2, 0.25) is 0 Å². The van der Waals surface area contributed by atoms with Gasteiger partial charge in [-0.3, -0.25) is 4.79 Å². The number of rotatable bonds is 7. The molecule has 0 radical (unpaired) electrons. The molecule has 0 aliphatic heterocycles. The SMILES string of the molecule is CCCNc1ncc(F)cc1C(=O)N(CCC#N)C(C)C. The number of aromatic nitrogens is 1. The maximum Gasteiger partial charge on any atom is 0.257 e. The number of nitrogens with zero attached hydrogens (tertiary/aromatic N) is 3. The molecule has 0 unspecified atom stereocenters. The summed E-state index contributed by atoms with van der Waals surface area (Å²) in [6, 6.07) is 3.13. The van der Waals surface area contributed by atoms with E-state index in [2.05, 4.69) is 10.3 Å². The van der Waals surface area contributed by atoms with Gasteiger partial charge in [-0.15, -0.1) is 0 Å². The second-order valence-electron chi connectivity index (χ2n) is 4.98. The first-order chi connectivity index (χ1) is 10.0. The lowest BCUT2D eigenvalue weighted by Crippen LogP contribution is -2.38. The normalized spacial score (nSPS) is 10.3. The molecule has 1 aromatic rings. The predicted molar refractivity (Wildman–Crippen MR) is 79.4 cm³/mol. The van der Waals surface area contributed by atoms with E-state index in [1.165, 1.54) is 6.07 Å². The summed E-state index contributed by atoms with van der Waals surface area (Å²) in [7, 11) is 0. The molecule has 0 saturated heterocycles. The number of nitrogens with one attached hydrogen (secondary N) is 1. The third kappa shape index (κ3) is 4.71. The number of anilines is 1. The van der Waals surface area contributed by atoms with Gasteiger partial charge in [0.05, 0.1) is 24.3 Å². The summed E-state index contributed by atoms with van der Waals surface area (Å²) in [5, 5.41) is 11.7. The van der Waals surface area contributed by atoms with E-state index in [4.69, 9.17) is 5.26 Å². The van der Waals surface area contributed by atoms with Crippen LogP contribution in [0.5, 0.6) is 0 Å². The number of pyridine rings is 1. The third-order valence-electron chi connectivity index (χ3n) is 2.98. The van der Waals surface area contributed by atoms with Crippen molar-refractivity contribution in [1.29, 1.82) is 5.26 Å². The van der Waals surface area contributed by atoms with E-state index in [1.54, 1.807) is 4.90 Å². The lowest BCUT2D eigenvalue weighted by molar-refractivity contribution is 0.0710. The average Bonchev–Trinajstić information content (AvgIpc) is 2.45. The Balaban J connectivity index is 3.07. The summed E-state index contributed by atoms with van der Waals surface area (Å²) in [4.78, 5) is 18.1. The molecule has 0 aliphatic rings. The Bertz CT molecular complexity index is 525. The van der Waals surface area contributed by atoms with Gasteiger partial charge in [0, 0.05) is 19.1 Å². The van der Waals surface area contributed by atoms with Gasteiger partial charge >= 0.3 is 0 Å². The Morgan fingerprint density at radius 2 is 2.29 bits per heavy atom. The number of carbonyl (C=O) groups excluding carboxylic acids is 1. The molecule has 1 heterocycles. The topological polar surface area (TPSA) is 69.0 Å². The standard InChI is InChI=1S/C15H21FN4O/c1-4-7-18-14-13(9-12(16)10-19-14)15(21)20(11(2)3)8-5-6-17/h9-11H,4-5,7-8H2,1-3H3,(H,18,19). The van der Waals surface area contributed by atoms with Crippen molar-refractivity contribution in [1.82, 2.24) is 9.88 Å². The van der Waals surface area contributed by atoms with Crippen molar-refractivity contribution in [3.8, 4) is 6.07 Å². The van der Waals surface area contributed by atoms with Crippen molar-refractivity contribution in [3.05, 3.63) is 23.6 Å². The number of carbonyl (C=O) groups is 1. The Hall–Kier alpha value is -2.16. The minimum Gasteiger partial charge on any atom is -0.369 e. The van der Waals surface area contributed by atoms with Crippen LogP contribution in [0.15, 0.2) is 12.3 Å². The molecular weight excluding hydrogens is 271 g/mol. The zero-order valence-corrected chi connectivity index (χ0v) is 12.7. The van der Waals surface area contributed by atoms with E-state index in [1.807, 2.05) is 26.8 Å². The first kappa shape index (κ1) is 16.9. The minimum absolute atomic E-state index is 0.0758. The van der Waals surface area contributed by atoms with Crippen LogP contribution < -0.4 is 5.32 Å². The Morgan fingerprint density at radius 1 is 1.57 bits per heavy atom. The first-order valence-electron chi connectivity index (χ1n) is 7.08. The van der Waals surface area contributed by atoms with E-state index >= 15 is 0 Å². The van der Waals surface area contributed by atoms with Crippen molar-refractivity contribution in [2.45, 2.75) is 39.7 Å². The second kappa shape index (κ2) is 8.20. The summed E-state index contributed by atoms with van der Waals surface area (Å²) in [6.45, 7) is 6.68. The van der Waals surface area contributed by atoms with Crippen LogP contribution in [-0.4, -0.2) is 34.9 Å². The van der Waals surface area contributed by atoms with Gasteiger partial charge in [0.25, 0.3) is 5.91 Å². The van der Waals surface area contributed by atoms with Crippen LogP contribution in [0.4, 0.5) is 10.2 Å². The summed E-state index contributed by atoms with van der Waals surface area (Å²) in [6.07, 6.45) is 2.20. The number of hydrogen-bond acceptors (Lipinski definition) is 4. The molecule has 0 bridgehead atoms. The molecular formula is C15H21FN4O. The summed E-state index contributed by atoms with van der Waals surface area (Å²) in [5.41, 5.74) is 0.204. The number of halogens is 1. The lowest BCUT2D eigenvalue weighted by Gasteiger charge is -2.26. The quantitative estimate of drug-likeness (QED) is 0.839. The molecule has 1 aromatic heterocycles. The summed E-state index contributed by atoms with van der Waals surface area (Å²) < 4.78 is 13.4. The van der Waals surface area contributed by atoms with E-state index in [9.17, 15) is 9.18 Å². The van der Waals surface area contributed by atoms with Crippen LogP contribution in [0, 0.1) is 17.1 Å². The second-order valence-corrected chi connectivity index (χ2v) is 4.98. The molecule has 0 fully saturated rings. The summed E-state index contributed by atoms with van der Waals surface area (Å²) >= 11 is 0. The molecule has 0 aromatic carbocycles. The Morgan fingerprint density at radius 3 is 2.86 bits per heavy atom. The first-order valence-corrected chi connectivity index (χ1v) is 7.08. The van der Waals surface area contributed by atoms with Crippen molar-refractivity contribution >= 4 is 11.7 Å². The molecule has 1 rings (SSSR count). The molecule has 0 saturated carbocycles. The highest BCUT2D eigenvalue weighted by atomic mass is 19.1. The van der Waals surface area contributed by atoms with Gasteiger partial charge in [0.1, 0.15) is 11.6 Å². The van der Waals surface area contributed by atoms with Crippen molar-refractivity contribution in [2.75, 3.05) is 18.4 Å². The van der Waals surface area contributed by atoms with Crippen molar-refractivity contribution in [3.63, 3.8) is 0 Å². The van der Waals surface area contributed by atoms with Gasteiger partial charge in [0.2, 0.25) is 0 Å². The highest BCUT2D eigenvalue weighted by molar-refractivity contribution is 5.98. The van der Waals surface area contributed by atoms with Crippen LogP contribution in [0.1, 0.15) is 44.0 Å². The number of hydrogen-bond donors (Lipinski definition) is 1. The minimum atomic E-state index is -0.551. The molecule has 0 atom stereocenters. The van der Waals surface area contributed by atoms with Gasteiger partial charge in [-0.05, 0) is 26.3 Å². The zero-order chi connectivity index (χ0) is 15.8. The van der Waals surface area contributed by atoms with E-state index < -0.39 is 5.82 Å². The van der Waals surface area contributed by atoms with Gasteiger partial charge < -0.3 is 10.2 Å². The fraction of sp³-hybridized carbons (Fsp3) is 0.533. The summed E-state index contributed by atoms with van der Waals surface area (Å²) in [5.74, 6) is -0.485. The van der Waals surface area contributed by atoms with Gasteiger partial charge in [-0.1, -0.05) is 6.92 Å². The van der Waals surface area contributed by atoms with Crippen LogP contribution in [0.25, 0.3) is 0 Å². The monoisotopic (exact) mass is 292 g/mol. The van der Waals surface area contributed by atoms with Crippen molar-refractivity contribution in [2.24, 2.45) is 0 Å². The molecule has 1 N–H and O–H groups in total. The molecule has 1 amide bonds. The van der Waals surface area contributed by atoms with Crippen molar-refractivity contribution < 1.29 is 9.18 Å². The molecule has 0 aliphatic carbocycles. The van der Waals surface area contributed by atoms with Crippen LogP contribution in [0.3, 0.4) is 0 Å². The predicted octanol–water partition coefficient (Wildman–Crippen LogP) is 2.81. The smallest absolute Gasteiger partial charge is 0.257 e. The number of amides is 1. The highest BCUT2D eigenvalue weighted by Crippen LogP contribution is 2.18. The van der Waals surface area contributed by atoms with E-state index in [-0.39, 0.29) is 23.9 Å². The molecule has 114 valence electrons. The molecule has 5 nitrogen and oxygen atoms in total. The Labute approximate surface area is 124 Å².